The Morgan fingerprint density at radius 2 is 2.30 bits per heavy atom. The Morgan fingerprint density at radius 3 is 2.90 bits per heavy atom. The number of halogens is 1. The number of carbonyl (C=O) groups is 1. The predicted molar refractivity (Wildman–Crippen MR) is 80.1 cm³/mol. The maximum Gasteiger partial charge on any atom is 0.227 e. The lowest BCUT2D eigenvalue weighted by atomic mass is 9.98. The van der Waals surface area contributed by atoms with Gasteiger partial charge in [-0.05, 0) is 37.5 Å². The number of nitrogens with two attached hydrogens (primary N) is 1. The molecule has 1 saturated heterocycles. The number of carbonyl (C=O) groups excluding carboxylic acids is 1. The van der Waals surface area contributed by atoms with Crippen LogP contribution in [0.3, 0.4) is 0 Å². The monoisotopic (exact) mass is 296 g/mol. The molecule has 2 rings (SSSR count). The molecule has 1 amide bonds. The van der Waals surface area contributed by atoms with E-state index in [2.05, 4.69) is 0 Å². The molecule has 1 heterocycles. The molecule has 0 aliphatic carbocycles. The summed E-state index contributed by atoms with van der Waals surface area (Å²) in [5, 5.41) is 0.569. The number of rotatable bonds is 3. The van der Waals surface area contributed by atoms with E-state index in [-0.39, 0.29) is 18.0 Å². The summed E-state index contributed by atoms with van der Waals surface area (Å²) in [5.41, 5.74) is 6.76. The van der Waals surface area contributed by atoms with Crippen LogP contribution in [0.15, 0.2) is 18.2 Å². The molecule has 0 saturated carbocycles. The van der Waals surface area contributed by atoms with Crippen LogP contribution >= 0.6 is 11.6 Å². The van der Waals surface area contributed by atoms with E-state index in [1.54, 1.807) is 13.2 Å². The Bertz CT molecular complexity index is 493. The number of methoxy groups -OCH3 is 1. The zero-order valence-electron chi connectivity index (χ0n) is 11.9. The van der Waals surface area contributed by atoms with Gasteiger partial charge in [-0.25, -0.2) is 0 Å². The maximum atomic E-state index is 12.4. The second kappa shape index (κ2) is 6.46. The molecule has 1 aromatic carbocycles. The van der Waals surface area contributed by atoms with Crippen LogP contribution in [0.5, 0.6) is 5.75 Å². The topological polar surface area (TPSA) is 55.6 Å². The predicted octanol–water partition coefficient (Wildman–Crippen LogP) is 2.23. The normalized spacial score (nSPS) is 22.7. The molecular weight excluding hydrogens is 276 g/mol. The van der Waals surface area contributed by atoms with Gasteiger partial charge in [-0.3, -0.25) is 4.79 Å². The lowest BCUT2D eigenvalue weighted by Crippen LogP contribution is -2.48. The first-order chi connectivity index (χ1) is 9.51. The fraction of sp³-hybridized carbons (Fsp3) is 0.533. The van der Waals surface area contributed by atoms with Crippen LogP contribution in [-0.2, 0) is 11.2 Å². The highest BCUT2D eigenvalue weighted by molar-refractivity contribution is 6.31. The fourth-order valence-corrected chi connectivity index (χ4v) is 2.88. The van der Waals surface area contributed by atoms with Crippen molar-refractivity contribution < 1.29 is 9.53 Å². The molecule has 0 radical (unpaired) electrons. The molecule has 1 aliphatic heterocycles. The van der Waals surface area contributed by atoms with Gasteiger partial charge in [0.25, 0.3) is 0 Å². The van der Waals surface area contributed by atoms with Crippen LogP contribution in [0, 0.1) is 0 Å². The summed E-state index contributed by atoms with van der Waals surface area (Å²) in [7, 11) is 1.59. The molecule has 1 aliphatic rings. The summed E-state index contributed by atoms with van der Waals surface area (Å²) in [6, 6.07) is 5.81. The third-order valence-corrected chi connectivity index (χ3v) is 4.19. The van der Waals surface area contributed by atoms with Gasteiger partial charge in [-0.1, -0.05) is 17.7 Å². The number of hydrogen-bond acceptors (Lipinski definition) is 3. The van der Waals surface area contributed by atoms with Gasteiger partial charge in [0.05, 0.1) is 13.5 Å². The molecule has 0 unspecified atom stereocenters. The van der Waals surface area contributed by atoms with E-state index in [1.165, 1.54) is 0 Å². The van der Waals surface area contributed by atoms with Crippen molar-refractivity contribution in [1.82, 2.24) is 4.90 Å². The number of ether oxygens (including phenoxy) is 1. The van der Waals surface area contributed by atoms with Gasteiger partial charge in [-0.15, -0.1) is 0 Å². The van der Waals surface area contributed by atoms with Crippen molar-refractivity contribution in [1.29, 1.82) is 0 Å². The minimum absolute atomic E-state index is 0.108. The number of amides is 1. The van der Waals surface area contributed by atoms with Crippen molar-refractivity contribution >= 4 is 17.5 Å². The first kappa shape index (κ1) is 15.1. The van der Waals surface area contributed by atoms with E-state index >= 15 is 0 Å². The highest BCUT2D eigenvalue weighted by atomic mass is 35.5. The van der Waals surface area contributed by atoms with E-state index in [9.17, 15) is 4.79 Å². The van der Waals surface area contributed by atoms with Gasteiger partial charge in [0.2, 0.25) is 5.91 Å². The van der Waals surface area contributed by atoms with Crippen molar-refractivity contribution in [3.05, 3.63) is 28.8 Å². The van der Waals surface area contributed by atoms with E-state index in [4.69, 9.17) is 22.1 Å². The van der Waals surface area contributed by atoms with Crippen molar-refractivity contribution in [3.63, 3.8) is 0 Å². The molecule has 110 valence electrons. The summed E-state index contributed by atoms with van der Waals surface area (Å²) in [6.07, 6.45) is 2.05. The van der Waals surface area contributed by atoms with Gasteiger partial charge in [-0.2, -0.15) is 0 Å². The SMILES string of the molecule is COc1ccc(CC(=O)N2CC[C@H](N)C[C@H]2C)c(Cl)c1. The standard InChI is InChI=1S/C15H21ClN2O2/c1-10-7-12(17)5-6-18(10)15(19)8-11-3-4-13(20-2)9-14(11)16/h3-4,9-10,12H,5-8,17H2,1-2H3/t10-,12+/m1/s1. The van der Waals surface area contributed by atoms with E-state index in [0.29, 0.717) is 17.2 Å². The zero-order chi connectivity index (χ0) is 14.7. The second-order valence-corrected chi connectivity index (χ2v) is 5.76. The van der Waals surface area contributed by atoms with Crippen LogP contribution in [-0.4, -0.2) is 36.5 Å². The van der Waals surface area contributed by atoms with E-state index in [0.717, 1.165) is 24.9 Å². The van der Waals surface area contributed by atoms with Gasteiger partial charge >= 0.3 is 0 Å². The Morgan fingerprint density at radius 1 is 1.55 bits per heavy atom. The minimum atomic E-state index is 0.108. The number of benzene rings is 1. The largest absolute Gasteiger partial charge is 0.497 e. The quantitative estimate of drug-likeness (QED) is 0.930. The number of likely N-dealkylation sites (tertiary alicyclic amines) is 1. The molecule has 1 fully saturated rings. The first-order valence-corrected chi connectivity index (χ1v) is 7.26. The number of hydrogen-bond donors (Lipinski definition) is 1. The summed E-state index contributed by atoms with van der Waals surface area (Å²) in [6.45, 7) is 2.78. The average molecular weight is 297 g/mol. The Kier molecular flexibility index (Phi) is 4.89. The molecule has 20 heavy (non-hydrogen) atoms. The molecule has 2 N–H and O–H groups in total. The van der Waals surface area contributed by atoms with E-state index < -0.39 is 0 Å². The molecule has 5 heteroatoms. The summed E-state index contributed by atoms with van der Waals surface area (Å²) >= 11 is 6.18. The molecule has 4 nitrogen and oxygen atoms in total. The number of piperidine rings is 1. The molecule has 0 spiro atoms. The zero-order valence-corrected chi connectivity index (χ0v) is 12.7. The Labute approximate surface area is 124 Å². The van der Waals surface area contributed by atoms with Crippen molar-refractivity contribution in [2.24, 2.45) is 5.73 Å². The van der Waals surface area contributed by atoms with Crippen molar-refractivity contribution in [2.45, 2.75) is 38.3 Å². The summed E-state index contributed by atoms with van der Waals surface area (Å²) in [4.78, 5) is 14.3. The second-order valence-electron chi connectivity index (χ2n) is 5.35. The van der Waals surface area contributed by atoms with Gasteiger partial charge in [0, 0.05) is 23.7 Å². The molecular formula is C15H21ClN2O2. The first-order valence-electron chi connectivity index (χ1n) is 6.88. The molecule has 1 aromatic rings. The van der Waals surface area contributed by atoms with Crippen LogP contribution in [0.4, 0.5) is 0 Å². The lowest BCUT2D eigenvalue weighted by Gasteiger charge is -2.36. The Hall–Kier alpha value is -1.26. The lowest BCUT2D eigenvalue weighted by molar-refractivity contribution is -0.133. The Balaban J connectivity index is 2.04. The third-order valence-electron chi connectivity index (χ3n) is 3.84. The molecule has 0 bridgehead atoms. The highest BCUT2D eigenvalue weighted by Crippen LogP contribution is 2.24. The van der Waals surface area contributed by atoms with Gasteiger partial charge < -0.3 is 15.4 Å². The average Bonchev–Trinajstić information content (AvgIpc) is 2.40. The van der Waals surface area contributed by atoms with Crippen molar-refractivity contribution in [2.75, 3.05) is 13.7 Å². The number of nitrogens with zero attached hydrogens (tertiary/aromatic N) is 1. The molecule has 2 atom stereocenters. The van der Waals surface area contributed by atoms with Crippen molar-refractivity contribution in [3.8, 4) is 5.75 Å². The van der Waals surface area contributed by atoms with Gasteiger partial charge in [0.1, 0.15) is 5.75 Å². The minimum Gasteiger partial charge on any atom is -0.497 e. The van der Waals surface area contributed by atoms with Crippen LogP contribution in [0.1, 0.15) is 25.3 Å². The third kappa shape index (κ3) is 3.44. The summed E-state index contributed by atoms with van der Waals surface area (Å²) < 4.78 is 5.11. The molecule has 0 aromatic heterocycles. The highest BCUT2D eigenvalue weighted by Gasteiger charge is 2.27. The van der Waals surface area contributed by atoms with Crippen LogP contribution in [0.2, 0.25) is 5.02 Å². The maximum absolute atomic E-state index is 12.4. The van der Waals surface area contributed by atoms with Crippen LogP contribution in [0.25, 0.3) is 0 Å². The van der Waals surface area contributed by atoms with E-state index in [1.807, 2.05) is 24.0 Å². The fourth-order valence-electron chi connectivity index (χ4n) is 2.64. The van der Waals surface area contributed by atoms with Crippen LogP contribution < -0.4 is 10.5 Å². The summed E-state index contributed by atoms with van der Waals surface area (Å²) in [5.74, 6) is 0.806. The van der Waals surface area contributed by atoms with Gasteiger partial charge in [0.15, 0.2) is 0 Å². The smallest absolute Gasteiger partial charge is 0.227 e.